The molecule has 1 heterocycles. The number of carbonyl (C=O) groups excluding carboxylic acids is 1. The Morgan fingerprint density at radius 1 is 1.37 bits per heavy atom. The van der Waals surface area contributed by atoms with Crippen LogP contribution in [0.1, 0.15) is 22.8 Å². The molecule has 0 fully saturated rings. The molecule has 0 spiro atoms. The Balaban J connectivity index is 2.40. The normalized spacial score (nSPS) is 11.6. The maximum absolute atomic E-state index is 12.4. The molecule has 0 atom stereocenters. The largest absolute Gasteiger partial charge is 0.419 e. The third kappa shape index (κ3) is 2.59. The fourth-order valence-electron chi connectivity index (χ4n) is 1.62. The Bertz CT molecular complexity index is 631. The van der Waals surface area contributed by atoms with Crippen molar-refractivity contribution in [2.75, 3.05) is 5.73 Å². The van der Waals surface area contributed by atoms with Gasteiger partial charge in [0.2, 0.25) is 0 Å². The van der Waals surface area contributed by atoms with Gasteiger partial charge in [-0.05, 0) is 25.1 Å². The minimum Gasteiger partial charge on any atom is -0.398 e. The fraction of sp³-hybridized carbons (Fsp3) is 0.167. The van der Waals surface area contributed by atoms with Crippen LogP contribution in [0.2, 0.25) is 0 Å². The second-order valence-corrected chi connectivity index (χ2v) is 4.00. The first-order valence-corrected chi connectivity index (χ1v) is 5.32. The lowest BCUT2D eigenvalue weighted by Crippen LogP contribution is -2.04. The van der Waals surface area contributed by atoms with Gasteiger partial charge in [-0.2, -0.15) is 18.3 Å². The van der Waals surface area contributed by atoms with E-state index in [4.69, 9.17) is 5.73 Å². The second kappa shape index (κ2) is 4.42. The molecule has 7 heteroatoms. The van der Waals surface area contributed by atoms with Gasteiger partial charge in [0, 0.05) is 17.4 Å². The van der Waals surface area contributed by atoms with Gasteiger partial charge in [0.05, 0.1) is 17.4 Å². The van der Waals surface area contributed by atoms with E-state index in [9.17, 15) is 18.0 Å². The predicted octanol–water partition coefficient (Wildman–Crippen LogP) is 2.68. The standard InChI is InChI=1S/C12H10F3N3O/c1-7(19)10-3-2-9(4-11(10)16)18-6-8(5-17-18)12(13,14)15/h2-6H,16H2,1H3. The Kier molecular flexibility index (Phi) is 3.05. The summed E-state index contributed by atoms with van der Waals surface area (Å²) >= 11 is 0. The van der Waals surface area contributed by atoms with Crippen LogP contribution in [-0.4, -0.2) is 15.6 Å². The quantitative estimate of drug-likeness (QED) is 0.673. The molecule has 0 unspecified atom stereocenters. The van der Waals surface area contributed by atoms with Crippen molar-refractivity contribution in [1.29, 1.82) is 0 Å². The van der Waals surface area contributed by atoms with Crippen molar-refractivity contribution in [2.45, 2.75) is 13.1 Å². The molecule has 1 aromatic carbocycles. The summed E-state index contributed by atoms with van der Waals surface area (Å²) in [6, 6.07) is 4.35. The number of alkyl halides is 3. The molecule has 1 aromatic heterocycles. The molecule has 0 bridgehead atoms. The van der Waals surface area contributed by atoms with E-state index in [1.807, 2.05) is 0 Å². The highest BCUT2D eigenvalue weighted by molar-refractivity contribution is 5.99. The average Bonchev–Trinajstić information content (AvgIpc) is 2.76. The minimum absolute atomic E-state index is 0.203. The highest BCUT2D eigenvalue weighted by Gasteiger charge is 2.32. The molecule has 0 amide bonds. The van der Waals surface area contributed by atoms with Crippen molar-refractivity contribution in [3.05, 3.63) is 41.7 Å². The average molecular weight is 269 g/mol. The second-order valence-electron chi connectivity index (χ2n) is 4.00. The highest BCUT2D eigenvalue weighted by atomic mass is 19.4. The molecule has 0 aliphatic heterocycles. The van der Waals surface area contributed by atoms with Gasteiger partial charge in [0.15, 0.2) is 5.78 Å². The zero-order valence-electron chi connectivity index (χ0n) is 9.90. The van der Waals surface area contributed by atoms with Gasteiger partial charge in [-0.3, -0.25) is 4.79 Å². The van der Waals surface area contributed by atoms with E-state index >= 15 is 0 Å². The number of hydrogen-bond donors (Lipinski definition) is 1. The number of Topliss-reactive ketones (excluding diaryl/α,β-unsaturated/α-hetero) is 1. The van der Waals surface area contributed by atoms with Gasteiger partial charge in [0.1, 0.15) is 0 Å². The Labute approximate surface area is 106 Å². The smallest absolute Gasteiger partial charge is 0.398 e. The maximum Gasteiger partial charge on any atom is 0.419 e. The number of nitrogens with zero attached hydrogens (tertiary/aromatic N) is 2. The van der Waals surface area contributed by atoms with Crippen LogP contribution in [0, 0.1) is 0 Å². The van der Waals surface area contributed by atoms with Crippen LogP contribution in [0.4, 0.5) is 18.9 Å². The molecule has 0 saturated heterocycles. The lowest BCUT2D eigenvalue weighted by Gasteiger charge is -2.06. The zero-order valence-corrected chi connectivity index (χ0v) is 9.90. The monoisotopic (exact) mass is 269 g/mol. The van der Waals surface area contributed by atoms with Crippen LogP contribution >= 0.6 is 0 Å². The zero-order chi connectivity index (χ0) is 14.2. The first-order valence-electron chi connectivity index (χ1n) is 5.32. The maximum atomic E-state index is 12.4. The number of carbonyl (C=O) groups is 1. The molecular formula is C12H10F3N3O. The first-order chi connectivity index (χ1) is 8.79. The lowest BCUT2D eigenvalue weighted by molar-refractivity contribution is -0.137. The van der Waals surface area contributed by atoms with Crippen molar-refractivity contribution in [3.8, 4) is 5.69 Å². The van der Waals surface area contributed by atoms with E-state index < -0.39 is 11.7 Å². The molecule has 2 N–H and O–H groups in total. The van der Waals surface area contributed by atoms with E-state index in [0.717, 1.165) is 17.1 Å². The Hall–Kier alpha value is -2.31. The Morgan fingerprint density at radius 2 is 2.05 bits per heavy atom. The first kappa shape index (κ1) is 13.1. The Morgan fingerprint density at radius 3 is 2.53 bits per heavy atom. The van der Waals surface area contributed by atoms with Gasteiger partial charge in [-0.1, -0.05) is 0 Å². The topological polar surface area (TPSA) is 60.9 Å². The lowest BCUT2D eigenvalue weighted by atomic mass is 10.1. The molecule has 2 aromatic rings. The van der Waals surface area contributed by atoms with Crippen LogP contribution in [0.15, 0.2) is 30.6 Å². The SMILES string of the molecule is CC(=O)c1ccc(-n2cc(C(F)(F)F)cn2)cc1N. The summed E-state index contributed by atoms with van der Waals surface area (Å²) in [5.74, 6) is -0.208. The van der Waals surface area contributed by atoms with Crippen molar-refractivity contribution >= 4 is 11.5 Å². The van der Waals surface area contributed by atoms with Gasteiger partial charge < -0.3 is 5.73 Å². The minimum atomic E-state index is -4.44. The molecule has 4 nitrogen and oxygen atoms in total. The van der Waals surface area contributed by atoms with Crippen molar-refractivity contribution in [1.82, 2.24) is 9.78 Å². The molecule has 0 radical (unpaired) electrons. The molecule has 0 aliphatic rings. The van der Waals surface area contributed by atoms with E-state index in [2.05, 4.69) is 5.10 Å². The molecule has 2 rings (SSSR count). The van der Waals surface area contributed by atoms with Gasteiger partial charge >= 0.3 is 6.18 Å². The van der Waals surface area contributed by atoms with Crippen molar-refractivity contribution < 1.29 is 18.0 Å². The number of halogens is 3. The van der Waals surface area contributed by atoms with Crippen molar-refractivity contribution in [3.63, 3.8) is 0 Å². The van der Waals surface area contributed by atoms with E-state index in [1.54, 1.807) is 0 Å². The summed E-state index contributed by atoms with van der Waals surface area (Å²) in [5, 5.41) is 3.62. The molecule has 19 heavy (non-hydrogen) atoms. The van der Waals surface area contributed by atoms with Crippen LogP contribution in [0.25, 0.3) is 5.69 Å². The summed E-state index contributed by atoms with van der Waals surface area (Å²) in [6.45, 7) is 1.36. The molecule has 0 saturated carbocycles. The predicted molar refractivity (Wildman–Crippen MR) is 63.0 cm³/mol. The summed E-state index contributed by atoms with van der Waals surface area (Å²) < 4.78 is 38.4. The molecule has 100 valence electrons. The van der Waals surface area contributed by atoms with Crippen LogP contribution < -0.4 is 5.73 Å². The van der Waals surface area contributed by atoms with E-state index in [1.165, 1.54) is 25.1 Å². The summed E-state index contributed by atoms with van der Waals surface area (Å²) in [5.41, 5.74) is 5.71. The molecular weight excluding hydrogens is 259 g/mol. The van der Waals surface area contributed by atoms with Crippen LogP contribution in [0.3, 0.4) is 0 Å². The fourth-order valence-corrected chi connectivity index (χ4v) is 1.62. The summed E-state index contributed by atoms with van der Waals surface area (Å²) in [7, 11) is 0. The van der Waals surface area contributed by atoms with Gasteiger partial charge in [0.25, 0.3) is 0 Å². The number of benzene rings is 1. The van der Waals surface area contributed by atoms with Crippen LogP contribution in [0.5, 0.6) is 0 Å². The van der Waals surface area contributed by atoms with Gasteiger partial charge in [-0.15, -0.1) is 0 Å². The number of ketones is 1. The number of anilines is 1. The van der Waals surface area contributed by atoms with E-state index in [0.29, 0.717) is 11.3 Å². The molecule has 0 aliphatic carbocycles. The number of hydrogen-bond acceptors (Lipinski definition) is 3. The third-order valence-electron chi connectivity index (χ3n) is 2.59. The summed E-state index contributed by atoms with van der Waals surface area (Å²) in [4.78, 5) is 11.2. The van der Waals surface area contributed by atoms with Crippen molar-refractivity contribution in [2.24, 2.45) is 0 Å². The van der Waals surface area contributed by atoms with E-state index in [-0.39, 0.29) is 11.5 Å². The third-order valence-corrected chi connectivity index (χ3v) is 2.59. The van der Waals surface area contributed by atoms with Crippen LogP contribution in [-0.2, 0) is 6.18 Å². The number of aromatic nitrogens is 2. The van der Waals surface area contributed by atoms with Gasteiger partial charge in [-0.25, -0.2) is 4.68 Å². The summed E-state index contributed by atoms with van der Waals surface area (Å²) in [6.07, 6.45) is -2.85. The number of nitrogens with two attached hydrogens (primary N) is 1. The highest BCUT2D eigenvalue weighted by Crippen LogP contribution is 2.29. The number of nitrogen functional groups attached to an aromatic ring is 1. The number of rotatable bonds is 2.